The molecular weight excluding hydrogens is 388 g/mol. The Bertz CT molecular complexity index is 894. The molecule has 0 spiro atoms. The van der Waals surface area contributed by atoms with Crippen molar-refractivity contribution in [3.05, 3.63) is 71.8 Å². The minimum Gasteiger partial charge on any atom is -0.467 e. The molecule has 0 saturated carbocycles. The van der Waals surface area contributed by atoms with E-state index in [1.54, 1.807) is 4.90 Å². The second kappa shape index (κ2) is 10.8. The first kappa shape index (κ1) is 22.6. The van der Waals surface area contributed by atoms with Crippen LogP contribution in [0.3, 0.4) is 0 Å². The molecule has 3 rings (SSSR count). The number of carbonyl (C=O) groups excluding carboxylic acids is 2. The second-order valence-corrected chi connectivity index (χ2v) is 7.85. The first-order valence-corrected chi connectivity index (χ1v) is 10.6. The fourth-order valence-electron chi connectivity index (χ4n) is 4.24. The zero-order valence-electron chi connectivity index (χ0n) is 18.5. The van der Waals surface area contributed by atoms with Crippen molar-refractivity contribution < 1.29 is 14.3 Å². The average molecular weight is 419 g/mol. The molecule has 0 unspecified atom stereocenters. The number of hydrogen-bond donors (Lipinski definition) is 0. The third kappa shape index (κ3) is 5.34. The summed E-state index contributed by atoms with van der Waals surface area (Å²) in [6.07, 6.45) is 1.33. The van der Waals surface area contributed by atoms with E-state index in [1.807, 2.05) is 74.6 Å². The molecule has 0 radical (unpaired) electrons. The molecule has 5 heteroatoms. The van der Waals surface area contributed by atoms with Crippen LogP contribution in [-0.4, -0.2) is 61.0 Å². The summed E-state index contributed by atoms with van der Waals surface area (Å²) in [5.74, 6) is 5.09. The summed E-state index contributed by atoms with van der Waals surface area (Å²) in [6, 6.07) is 19.0. The van der Waals surface area contributed by atoms with Crippen molar-refractivity contribution in [1.29, 1.82) is 0 Å². The highest BCUT2D eigenvalue weighted by atomic mass is 16.5. The van der Waals surface area contributed by atoms with E-state index in [0.717, 1.165) is 17.5 Å². The first-order valence-electron chi connectivity index (χ1n) is 10.6. The lowest BCUT2D eigenvalue weighted by Gasteiger charge is -2.42. The number of likely N-dealkylation sites (tertiary alicyclic amines) is 1. The van der Waals surface area contributed by atoms with Gasteiger partial charge in [-0.1, -0.05) is 66.6 Å². The summed E-state index contributed by atoms with van der Waals surface area (Å²) in [6.45, 7) is 2.96. The molecule has 0 aromatic heterocycles. The van der Waals surface area contributed by atoms with Crippen LogP contribution >= 0.6 is 0 Å². The van der Waals surface area contributed by atoms with Crippen molar-refractivity contribution >= 4 is 11.9 Å². The fraction of sp³-hybridized carbons (Fsp3) is 0.385. The summed E-state index contributed by atoms with van der Waals surface area (Å²) in [5.41, 5.74) is 1.83. The SMILES string of the molecule is CC#CCN(C)[C@H]1CCN(C(=O)C(c2ccccc2)c2ccccc2)[C@H](C(=O)OC)C1. The second-order valence-electron chi connectivity index (χ2n) is 7.85. The third-order valence-corrected chi connectivity index (χ3v) is 5.97. The molecule has 2 atom stereocenters. The van der Waals surface area contributed by atoms with Gasteiger partial charge in [0, 0.05) is 12.6 Å². The number of piperidine rings is 1. The van der Waals surface area contributed by atoms with Crippen molar-refractivity contribution in [1.82, 2.24) is 9.80 Å². The molecule has 2 aromatic rings. The Hall–Kier alpha value is -3.10. The molecule has 1 aliphatic heterocycles. The van der Waals surface area contributed by atoms with Crippen LogP contribution in [0, 0.1) is 11.8 Å². The van der Waals surface area contributed by atoms with Gasteiger partial charge in [0.2, 0.25) is 5.91 Å². The molecule has 0 aliphatic carbocycles. The largest absolute Gasteiger partial charge is 0.467 e. The summed E-state index contributed by atoms with van der Waals surface area (Å²) in [4.78, 5) is 30.4. The Labute approximate surface area is 185 Å². The van der Waals surface area contributed by atoms with E-state index >= 15 is 0 Å². The number of benzene rings is 2. The monoisotopic (exact) mass is 418 g/mol. The van der Waals surface area contributed by atoms with Crippen molar-refractivity contribution in [2.24, 2.45) is 0 Å². The van der Waals surface area contributed by atoms with Crippen LogP contribution < -0.4 is 0 Å². The minimum atomic E-state index is -0.608. The molecule has 0 bridgehead atoms. The Morgan fingerprint density at radius 3 is 2.19 bits per heavy atom. The van der Waals surface area contributed by atoms with Crippen molar-refractivity contribution in [3.8, 4) is 11.8 Å². The molecule has 5 nitrogen and oxygen atoms in total. The van der Waals surface area contributed by atoms with Gasteiger partial charge in [0.15, 0.2) is 0 Å². The van der Waals surface area contributed by atoms with Gasteiger partial charge in [0.05, 0.1) is 19.6 Å². The van der Waals surface area contributed by atoms with Gasteiger partial charge in [-0.15, -0.1) is 5.92 Å². The van der Waals surface area contributed by atoms with Gasteiger partial charge in [0.1, 0.15) is 6.04 Å². The number of esters is 1. The van der Waals surface area contributed by atoms with E-state index in [9.17, 15) is 9.59 Å². The van der Waals surface area contributed by atoms with Gasteiger partial charge in [0.25, 0.3) is 0 Å². The summed E-state index contributed by atoms with van der Waals surface area (Å²) < 4.78 is 5.09. The molecule has 2 aromatic carbocycles. The van der Waals surface area contributed by atoms with Crippen molar-refractivity contribution in [2.75, 3.05) is 27.2 Å². The topological polar surface area (TPSA) is 49.9 Å². The number of hydrogen-bond acceptors (Lipinski definition) is 4. The highest BCUT2D eigenvalue weighted by molar-refractivity contribution is 5.91. The van der Waals surface area contributed by atoms with Gasteiger partial charge in [-0.2, -0.15) is 0 Å². The lowest BCUT2D eigenvalue weighted by molar-refractivity contribution is -0.156. The Morgan fingerprint density at radius 1 is 1.10 bits per heavy atom. The summed E-state index contributed by atoms with van der Waals surface area (Å²) in [5, 5.41) is 0. The van der Waals surface area contributed by atoms with Gasteiger partial charge in [-0.25, -0.2) is 4.79 Å². The van der Waals surface area contributed by atoms with E-state index < -0.39 is 12.0 Å². The molecule has 31 heavy (non-hydrogen) atoms. The standard InChI is InChI=1S/C26H30N2O3/c1-4-5-17-27(2)22-16-18-28(23(19-22)26(30)31-3)25(29)24(20-12-8-6-9-13-20)21-14-10-7-11-15-21/h6-15,22-24H,16-19H2,1-3H3/t22-,23-/m0/s1. The molecule has 0 N–H and O–H groups in total. The highest BCUT2D eigenvalue weighted by Crippen LogP contribution is 2.31. The maximum Gasteiger partial charge on any atom is 0.328 e. The van der Waals surface area contributed by atoms with Crippen LogP contribution in [0.15, 0.2) is 60.7 Å². The molecule has 1 saturated heterocycles. The van der Waals surface area contributed by atoms with E-state index in [0.29, 0.717) is 19.5 Å². The average Bonchev–Trinajstić information content (AvgIpc) is 2.83. The number of rotatable bonds is 6. The zero-order valence-corrected chi connectivity index (χ0v) is 18.5. The first-order chi connectivity index (χ1) is 15.1. The highest BCUT2D eigenvalue weighted by Gasteiger charge is 2.40. The number of ether oxygens (including phenoxy) is 1. The number of carbonyl (C=O) groups is 2. The molecule has 1 amide bonds. The smallest absolute Gasteiger partial charge is 0.328 e. The molecule has 1 heterocycles. The van der Waals surface area contributed by atoms with Gasteiger partial charge < -0.3 is 9.64 Å². The number of methoxy groups -OCH3 is 1. The Balaban J connectivity index is 1.91. The minimum absolute atomic E-state index is 0.0674. The van der Waals surface area contributed by atoms with E-state index in [1.165, 1.54) is 7.11 Å². The molecular formula is C26H30N2O3. The maximum absolute atomic E-state index is 13.9. The van der Waals surface area contributed by atoms with Gasteiger partial charge in [-0.05, 0) is 37.9 Å². The van der Waals surface area contributed by atoms with Crippen LogP contribution in [0.25, 0.3) is 0 Å². The van der Waals surface area contributed by atoms with Crippen LogP contribution in [0.1, 0.15) is 36.8 Å². The lowest BCUT2D eigenvalue weighted by atomic mass is 9.87. The summed E-state index contributed by atoms with van der Waals surface area (Å²) >= 11 is 0. The van der Waals surface area contributed by atoms with Crippen LogP contribution in [0.4, 0.5) is 0 Å². The third-order valence-electron chi connectivity index (χ3n) is 5.97. The Kier molecular flexibility index (Phi) is 7.86. The van der Waals surface area contributed by atoms with Crippen LogP contribution in [0.5, 0.6) is 0 Å². The van der Waals surface area contributed by atoms with Gasteiger partial charge >= 0.3 is 5.97 Å². The van der Waals surface area contributed by atoms with Crippen molar-refractivity contribution in [3.63, 3.8) is 0 Å². The predicted octanol–water partition coefficient (Wildman–Crippen LogP) is 3.31. The van der Waals surface area contributed by atoms with E-state index in [-0.39, 0.29) is 17.9 Å². The summed E-state index contributed by atoms with van der Waals surface area (Å²) in [7, 11) is 3.39. The zero-order chi connectivity index (χ0) is 22.2. The van der Waals surface area contributed by atoms with Crippen molar-refractivity contribution in [2.45, 2.75) is 37.8 Å². The predicted molar refractivity (Wildman–Crippen MR) is 121 cm³/mol. The van der Waals surface area contributed by atoms with Crippen LogP contribution in [0.2, 0.25) is 0 Å². The molecule has 162 valence electrons. The van der Waals surface area contributed by atoms with Crippen LogP contribution in [-0.2, 0) is 14.3 Å². The number of amides is 1. The number of nitrogens with zero attached hydrogens (tertiary/aromatic N) is 2. The lowest BCUT2D eigenvalue weighted by Crippen LogP contribution is -2.55. The van der Waals surface area contributed by atoms with Gasteiger partial charge in [-0.3, -0.25) is 9.69 Å². The van der Waals surface area contributed by atoms with E-state index in [2.05, 4.69) is 16.7 Å². The molecule has 1 fully saturated rings. The normalized spacial score (nSPS) is 18.4. The molecule has 1 aliphatic rings. The maximum atomic E-state index is 13.9. The fourth-order valence-corrected chi connectivity index (χ4v) is 4.24. The Morgan fingerprint density at radius 2 is 1.68 bits per heavy atom. The van der Waals surface area contributed by atoms with E-state index in [4.69, 9.17) is 4.74 Å². The quantitative estimate of drug-likeness (QED) is 0.534.